The number of alkyl halides is 3. The molecule has 1 amide bonds. The van der Waals surface area contributed by atoms with E-state index in [1.807, 2.05) is 23.6 Å². The molecule has 1 N–H and O–H groups in total. The lowest BCUT2D eigenvalue weighted by Crippen LogP contribution is -2.20. The highest BCUT2D eigenvalue weighted by atomic mass is 32.1. The molecule has 0 fully saturated rings. The molecule has 134 valence electrons. The summed E-state index contributed by atoms with van der Waals surface area (Å²) < 4.78 is 45.6. The second-order valence-electron chi connectivity index (χ2n) is 5.48. The van der Waals surface area contributed by atoms with Crippen LogP contribution in [-0.2, 0) is 27.5 Å². The molecule has 0 radical (unpaired) electrons. The van der Waals surface area contributed by atoms with Gasteiger partial charge in [-0.25, -0.2) is 4.98 Å². The molecule has 0 spiro atoms. The lowest BCUT2D eigenvalue weighted by atomic mass is 10.1. The van der Waals surface area contributed by atoms with Crippen LogP contribution in [0.15, 0.2) is 23.6 Å². The molecule has 0 bridgehead atoms. The van der Waals surface area contributed by atoms with E-state index in [2.05, 4.69) is 15.0 Å². The van der Waals surface area contributed by atoms with E-state index in [9.17, 15) is 18.0 Å². The van der Waals surface area contributed by atoms with E-state index in [0.717, 1.165) is 22.4 Å². The summed E-state index contributed by atoms with van der Waals surface area (Å²) in [6, 6.07) is 5.94. The summed E-state index contributed by atoms with van der Waals surface area (Å²) in [6.07, 6.45) is -4.55. The number of hydrogen-bond donors (Lipinski definition) is 1. The maximum Gasteiger partial charge on any atom is 0.411 e. The molecule has 1 aromatic heterocycles. The Hall–Kier alpha value is -1.97. The number of halogens is 3. The first-order valence-corrected chi connectivity index (χ1v) is 8.38. The standard InChI is InChI=1S/C16H15F3N2O3S/c17-16(18,19)9-23-4-3-14(22)21-15-20-13(8-25-15)10-1-2-11-6-24-7-12(11)5-10/h1-2,5,8H,3-4,6-7,9H2,(H,20,21,22). The molecule has 0 atom stereocenters. The van der Waals surface area contributed by atoms with Gasteiger partial charge in [0.05, 0.1) is 31.9 Å². The van der Waals surface area contributed by atoms with E-state index in [0.29, 0.717) is 18.3 Å². The third-order valence-electron chi connectivity index (χ3n) is 3.51. The van der Waals surface area contributed by atoms with Crippen LogP contribution in [-0.4, -0.2) is 30.3 Å². The summed E-state index contributed by atoms with van der Waals surface area (Å²) in [7, 11) is 0. The highest BCUT2D eigenvalue weighted by Gasteiger charge is 2.27. The van der Waals surface area contributed by atoms with Gasteiger partial charge in [0.15, 0.2) is 5.13 Å². The Morgan fingerprint density at radius 3 is 2.92 bits per heavy atom. The molecular weight excluding hydrogens is 357 g/mol. The zero-order valence-corrected chi connectivity index (χ0v) is 13.9. The number of carbonyl (C=O) groups excluding carboxylic acids is 1. The maximum absolute atomic E-state index is 11.9. The van der Waals surface area contributed by atoms with Gasteiger partial charge < -0.3 is 14.8 Å². The highest BCUT2D eigenvalue weighted by Crippen LogP contribution is 2.29. The summed E-state index contributed by atoms with van der Waals surface area (Å²) in [5.41, 5.74) is 3.93. The molecule has 1 aliphatic rings. The summed E-state index contributed by atoms with van der Waals surface area (Å²) in [5, 5.41) is 4.77. The largest absolute Gasteiger partial charge is 0.411 e. The smallest absolute Gasteiger partial charge is 0.372 e. The summed E-state index contributed by atoms with van der Waals surface area (Å²) >= 11 is 1.25. The van der Waals surface area contributed by atoms with Crippen molar-refractivity contribution < 1.29 is 27.4 Å². The normalized spacial score (nSPS) is 13.7. The van der Waals surface area contributed by atoms with Crippen molar-refractivity contribution in [3.05, 3.63) is 34.7 Å². The number of amides is 1. The molecule has 0 saturated heterocycles. The third kappa shape index (κ3) is 5.00. The van der Waals surface area contributed by atoms with Crippen molar-refractivity contribution in [1.29, 1.82) is 0 Å². The fourth-order valence-corrected chi connectivity index (χ4v) is 3.07. The van der Waals surface area contributed by atoms with Crippen LogP contribution in [0, 0.1) is 0 Å². The van der Waals surface area contributed by atoms with Gasteiger partial charge in [-0.2, -0.15) is 13.2 Å². The van der Waals surface area contributed by atoms with Crippen molar-refractivity contribution in [1.82, 2.24) is 4.98 Å². The summed E-state index contributed by atoms with van der Waals surface area (Å²) in [5.74, 6) is -0.439. The lowest BCUT2D eigenvalue weighted by molar-refractivity contribution is -0.174. The SMILES string of the molecule is O=C(CCOCC(F)(F)F)Nc1nc(-c2ccc3c(c2)COC3)cs1. The summed E-state index contributed by atoms with van der Waals surface area (Å²) in [6.45, 7) is -0.461. The zero-order chi connectivity index (χ0) is 17.9. The molecule has 2 heterocycles. The van der Waals surface area contributed by atoms with Gasteiger partial charge in [-0.05, 0) is 17.2 Å². The first kappa shape index (κ1) is 17.8. The van der Waals surface area contributed by atoms with Gasteiger partial charge in [0.1, 0.15) is 6.61 Å². The van der Waals surface area contributed by atoms with Crippen LogP contribution < -0.4 is 5.32 Å². The van der Waals surface area contributed by atoms with Crippen LogP contribution in [0.2, 0.25) is 0 Å². The quantitative estimate of drug-likeness (QED) is 0.785. The second kappa shape index (κ2) is 7.51. The molecule has 3 rings (SSSR count). The van der Waals surface area contributed by atoms with Crippen molar-refractivity contribution in [3.8, 4) is 11.3 Å². The van der Waals surface area contributed by atoms with Crippen LogP contribution >= 0.6 is 11.3 Å². The van der Waals surface area contributed by atoms with Crippen molar-refractivity contribution in [2.75, 3.05) is 18.5 Å². The Labute approximate surface area is 145 Å². The Balaban J connectivity index is 1.52. The van der Waals surface area contributed by atoms with E-state index in [4.69, 9.17) is 4.74 Å². The number of anilines is 1. The van der Waals surface area contributed by atoms with Gasteiger partial charge in [0, 0.05) is 10.9 Å². The topological polar surface area (TPSA) is 60.5 Å². The lowest BCUT2D eigenvalue weighted by Gasteiger charge is -2.07. The van der Waals surface area contributed by atoms with Crippen LogP contribution in [0.3, 0.4) is 0 Å². The minimum Gasteiger partial charge on any atom is -0.372 e. The molecule has 5 nitrogen and oxygen atoms in total. The maximum atomic E-state index is 11.9. The molecule has 0 unspecified atom stereocenters. The second-order valence-corrected chi connectivity index (χ2v) is 6.34. The van der Waals surface area contributed by atoms with Crippen LogP contribution in [0.25, 0.3) is 11.3 Å². The molecule has 9 heteroatoms. The van der Waals surface area contributed by atoms with E-state index in [1.54, 1.807) is 0 Å². The van der Waals surface area contributed by atoms with Crippen molar-refractivity contribution in [2.45, 2.75) is 25.8 Å². The van der Waals surface area contributed by atoms with Crippen molar-refractivity contribution in [2.24, 2.45) is 0 Å². The van der Waals surface area contributed by atoms with Gasteiger partial charge in [-0.3, -0.25) is 4.79 Å². The van der Waals surface area contributed by atoms with Crippen LogP contribution in [0.1, 0.15) is 17.5 Å². The highest BCUT2D eigenvalue weighted by molar-refractivity contribution is 7.14. The first-order chi connectivity index (χ1) is 11.9. The van der Waals surface area contributed by atoms with Gasteiger partial charge in [0.25, 0.3) is 0 Å². The van der Waals surface area contributed by atoms with Gasteiger partial charge >= 0.3 is 6.18 Å². The molecule has 25 heavy (non-hydrogen) atoms. The van der Waals surface area contributed by atoms with Gasteiger partial charge in [0.2, 0.25) is 5.91 Å². The minimum atomic E-state index is -4.39. The fourth-order valence-electron chi connectivity index (χ4n) is 2.33. The van der Waals surface area contributed by atoms with Crippen LogP contribution in [0.4, 0.5) is 18.3 Å². The molecule has 0 saturated carbocycles. The Morgan fingerprint density at radius 1 is 1.32 bits per heavy atom. The molecule has 1 aromatic carbocycles. The minimum absolute atomic E-state index is 0.165. The summed E-state index contributed by atoms with van der Waals surface area (Å²) in [4.78, 5) is 16.1. The molecule has 1 aliphatic heterocycles. The number of benzene rings is 1. The van der Waals surface area contributed by atoms with E-state index in [-0.39, 0.29) is 13.0 Å². The average Bonchev–Trinajstić information content (AvgIpc) is 3.18. The first-order valence-electron chi connectivity index (χ1n) is 7.50. The number of fused-ring (bicyclic) bond motifs is 1. The number of rotatable bonds is 6. The Bertz CT molecular complexity index is 761. The predicted octanol–water partition coefficient (Wildman–Crippen LogP) is 3.75. The Kier molecular flexibility index (Phi) is 5.36. The van der Waals surface area contributed by atoms with Gasteiger partial charge in [-0.1, -0.05) is 12.1 Å². The van der Waals surface area contributed by atoms with Gasteiger partial charge in [-0.15, -0.1) is 11.3 Å². The molecule has 2 aromatic rings. The number of carbonyl (C=O) groups is 1. The number of thiazole rings is 1. The average molecular weight is 372 g/mol. The predicted molar refractivity (Wildman–Crippen MR) is 86.2 cm³/mol. The zero-order valence-electron chi connectivity index (χ0n) is 13.1. The number of aromatic nitrogens is 1. The number of nitrogens with one attached hydrogen (secondary N) is 1. The van der Waals surface area contributed by atoms with E-state index in [1.165, 1.54) is 11.3 Å². The monoisotopic (exact) mass is 372 g/mol. The van der Waals surface area contributed by atoms with E-state index >= 15 is 0 Å². The third-order valence-corrected chi connectivity index (χ3v) is 4.26. The van der Waals surface area contributed by atoms with Crippen molar-refractivity contribution >= 4 is 22.4 Å². The number of hydrogen-bond acceptors (Lipinski definition) is 5. The molecular formula is C16H15F3N2O3S. The van der Waals surface area contributed by atoms with E-state index < -0.39 is 18.7 Å². The Morgan fingerprint density at radius 2 is 2.12 bits per heavy atom. The number of nitrogens with zero attached hydrogens (tertiary/aromatic N) is 1. The van der Waals surface area contributed by atoms with Crippen LogP contribution in [0.5, 0.6) is 0 Å². The molecule has 0 aliphatic carbocycles. The number of ether oxygens (including phenoxy) is 2. The fraction of sp³-hybridized carbons (Fsp3) is 0.375. The van der Waals surface area contributed by atoms with Crippen molar-refractivity contribution in [3.63, 3.8) is 0 Å².